The number of hydrogen-bond acceptors (Lipinski definition) is 3. The maximum atomic E-state index is 13.0. The first-order valence-corrected chi connectivity index (χ1v) is 5.25. The fourth-order valence-corrected chi connectivity index (χ4v) is 1.96. The van der Waals surface area contributed by atoms with Crippen LogP contribution < -0.4 is 5.14 Å². The topological polar surface area (TPSA) is 73.0 Å². The molecule has 0 aliphatic rings. The molecule has 1 aromatic heterocycles. The third-order valence-electron chi connectivity index (χ3n) is 1.73. The van der Waals surface area contributed by atoms with Crippen LogP contribution in [0.5, 0.6) is 0 Å². The number of halogens is 3. The lowest BCUT2D eigenvalue weighted by molar-refractivity contribution is 0.145. The zero-order valence-corrected chi connectivity index (χ0v) is 8.35. The van der Waals surface area contributed by atoms with E-state index in [4.69, 9.17) is 0 Å². The Morgan fingerprint density at radius 3 is 2.33 bits per heavy atom. The van der Waals surface area contributed by atoms with Gasteiger partial charge in [0.05, 0.1) is 0 Å². The minimum absolute atomic E-state index is 0.129. The summed E-state index contributed by atoms with van der Waals surface area (Å²) in [6.45, 7) is 1.20. The SMILES string of the molecule is Cc1cnc(F)c(S(N)(=O)=O)c1C(F)F. The molecule has 0 unspecified atom stereocenters. The fourth-order valence-electron chi connectivity index (χ4n) is 1.11. The number of sulfonamides is 1. The monoisotopic (exact) mass is 240 g/mol. The fraction of sp³-hybridized carbons (Fsp3) is 0.286. The van der Waals surface area contributed by atoms with E-state index in [2.05, 4.69) is 10.1 Å². The average Bonchev–Trinajstić information content (AvgIpc) is 2.05. The number of primary sulfonamides is 1. The van der Waals surface area contributed by atoms with E-state index in [-0.39, 0.29) is 5.56 Å². The third-order valence-corrected chi connectivity index (χ3v) is 2.69. The smallest absolute Gasteiger partial charge is 0.227 e. The standard InChI is InChI=1S/C7H7F3N2O2S/c1-3-2-12-7(10)5(15(11,13)14)4(3)6(8)9/h2,6H,1H3,(H2,11,13,14). The van der Waals surface area contributed by atoms with E-state index in [0.717, 1.165) is 6.20 Å². The Bertz CT molecular complexity index is 487. The zero-order chi connectivity index (χ0) is 11.8. The van der Waals surface area contributed by atoms with Gasteiger partial charge in [0.2, 0.25) is 16.0 Å². The van der Waals surface area contributed by atoms with Crippen LogP contribution in [0.2, 0.25) is 0 Å². The molecule has 4 nitrogen and oxygen atoms in total. The summed E-state index contributed by atoms with van der Waals surface area (Å²) in [5.74, 6) is -1.52. The van der Waals surface area contributed by atoms with Crippen LogP contribution in [-0.2, 0) is 10.0 Å². The molecule has 0 aliphatic heterocycles. The molecular formula is C7H7F3N2O2S. The van der Waals surface area contributed by atoms with Gasteiger partial charge in [0.1, 0.15) is 4.90 Å². The van der Waals surface area contributed by atoms with Crippen LogP contribution in [0, 0.1) is 12.9 Å². The van der Waals surface area contributed by atoms with Crippen LogP contribution in [0.3, 0.4) is 0 Å². The molecule has 0 saturated heterocycles. The van der Waals surface area contributed by atoms with Crippen LogP contribution in [0.1, 0.15) is 17.6 Å². The molecule has 0 radical (unpaired) electrons. The first-order chi connectivity index (χ1) is 6.75. The van der Waals surface area contributed by atoms with E-state index in [9.17, 15) is 21.6 Å². The van der Waals surface area contributed by atoms with E-state index in [0.29, 0.717) is 0 Å². The van der Waals surface area contributed by atoms with Gasteiger partial charge in [0.25, 0.3) is 6.43 Å². The van der Waals surface area contributed by atoms with Crippen molar-refractivity contribution in [2.24, 2.45) is 5.14 Å². The average molecular weight is 240 g/mol. The Morgan fingerprint density at radius 1 is 1.47 bits per heavy atom. The number of nitrogens with two attached hydrogens (primary N) is 1. The summed E-state index contributed by atoms with van der Waals surface area (Å²) < 4.78 is 59.7. The summed E-state index contributed by atoms with van der Waals surface area (Å²) >= 11 is 0. The van der Waals surface area contributed by atoms with Gasteiger partial charge in [-0.1, -0.05) is 0 Å². The predicted molar refractivity (Wildman–Crippen MR) is 45.3 cm³/mol. The molecule has 0 amide bonds. The Labute approximate surface area is 84.0 Å². The summed E-state index contributed by atoms with van der Waals surface area (Å²) in [7, 11) is -4.55. The lowest BCUT2D eigenvalue weighted by Gasteiger charge is -2.09. The van der Waals surface area contributed by atoms with E-state index in [1.54, 1.807) is 0 Å². The highest BCUT2D eigenvalue weighted by atomic mass is 32.2. The lowest BCUT2D eigenvalue weighted by atomic mass is 10.2. The molecule has 1 heterocycles. The van der Waals surface area contributed by atoms with Gasteiger partial charge in [-0.15, -0.1) is 0 Å². The van der Waals surface area contributed by atoms with Gasteiger partial charge >= 0.3 is 0 Å². The van der Waals surface area contributed by atoms with Gasteiger partial charge in [-0.05, 0) is 12.5 Å². The van der Waals surface area contributed by atoms with Gasteiger partial charge in [-0.25, -0.2) is 27.3 Å². The van der Waals surface area contributed by atoms with Crippen molar-refractivity contribution in [2.45, 2.75) is 18.2 Å². The molecule has 1 aromatic rings. The van der Waals surface area contributed by atoms with Crippen molar-refractivity contribution < 1.29 is 21.6 Å². The van der Waals surface area contributed by atoms with E-state index < -0.39 is 32.9 Å². The molecule has 0 bridgehead atoms. The van der Waals surface area contributed by atoms with Crippen molar-refractivity contribution in [2.75, 3.05) is 0 Å². The van der Waals surface area contributed by atoms with Crippen molar-refractivity contribution >= 4 is 10.0 Å². The largest absolute Gasteiger partial charge is 0.265 e. The van der Waals surface area contributed by atoms with Crippen molar-refractivity contribution in [3.8, 4) is 0 Å². The van der Waals surface area contributed by atoms with Crippen LogP contribution in [0.25, 0.3) is 0 Å². The molecule has 2 N–H and O–H groups in total. The molecule has 84 valence electrons. The second-order valence-electron chi connectivity index (χ2n) is 2.82. The minimum Gasteiger partial charge on any atom is -0.227 e. The summed E-state index contributed by atoms with van der Waals surface area (Å²) in [5.41, 5.74) is -1.07. The number of aromatic nitrogens is 1. The van der Waals surface area contributed by atoms with Gasteiger partial charge in [0.15, 0.2) is 0 Å². The second-order valence-corrected chi connectivity index (χ2v) is 4.32. The second kappa shape index (κ2) is 3.78. The van der Waals surface area contributed by atoms with Crippen LogP contribution in [0.4, 0.5) is 13.2 Å². The lowest BCUT2D eigenvalue weighted by Crippen LogP contribution is -2.18. The Balaban J connectivity index is 3.68. The quantitative estimate of drug-likeness (QED) is 0.787. The zero-order valence-electron chi connectivity index (χ0n) is 7.54. The van der Waals surface area contributed by atoms with Crippen molar-refractivity contribution in [1.29, 1.82) is 0 Å². The van der Waals surface area contributed by atoms with E-state index in [1.807, 2.05) is 0 Å². The molecule has 0 aromatic carbocycles. The highest BCUT2D eigenvalue weighted by Crippen LogP contribution is 2.29. The Morgan fingerprint density at radius 2 is 2.00 bits per heavy atom. The van der Waals surface area contributed by atoms with Gasteiger partial charge in [-0.2, -0.15) is 4.39 Å². The summed E-state index contributed by atoms with van der Waals surface area (Å²) in [6, 6.07) is 0. The number of rotatable bonds is 2. The maximum Gasteiger partial charge on any atom is 0.265 e. The van der Waals surface area contributed by atoms with Gasteiger partial charge in [0, 0.05) is 11.8 Å². The van der Waals surface area contributed by atoms with E-state index >= 15 is 0 Å². The molecule has 0 fully saturated rings. The van der Waals surface area contributed by atoms with Crippen LogP contribution in [0.15, 0.2) is 11.1 Å². The Kier molecular flexibility index (Phi) is 3.00. The summed E-state index contributed by atoms with van der Waals surface area (Å²) in [6.07, 6.45) is -2.30. The molecule has 0 atom stereocenters. The van der Waals surface area contributed by atoms with Crippen molar-refractivity contribution in [3.63, 3.8) is 0 Å². The van der Waals surface area contributed by atoms with Gasteiger partial charge < -0.3 is 0 Å². The first kappa shape index (κ1) is 11.9. The number of nitrogens with zero attached hydrogens (tertiary/aromatic N) is 1. The molecular weight excluding hydrogens is 233 g/mol. The number of pyridine rings is 1. The molecule has 0 saturated carbocycles. The first-order valence-electron chi connectivity index (χ1n) is 3.71. The molecule has 0 spiro atoms. The third kappa shape index (κ3) is 2.26. The number of hydrogen-bond donors (Lipinski definition) is 1. The highest BCUT2D eigenvalue weighted by molar-refractivity contribution is 7.89. The predicted octanol–water partition coefficient (Wildman–Crippen LogP) is 1.11. The number of aryl methyl sites for hydroxylation is 1. The van der Waals surface area contributed by atoms with Crippen molar-refractivity contribution in [3.05, 3.63) is 23.3 Å². The highest BCUT2D eigenvalue weighted by Gasteiger charge is 2.27. The summed E-state index contributed by atoms with van der Waals surface area (Å²) in [5, 5.41) is 4.62. The molecule has 1 rings (SSSR count). The van der Waals surface area contributed by atoms with Crippen LogP contribution in [-0.4, -0.2) is 13.4 Å². The summed E-state index contributed by atoms with van der Waals surface area (Å²) in [4.78, 5) is 1.79. The van der Waals surface area contributed by atoms with Crippen molar-refractivity contribution in [1.82, 2.24) is 4.98 Å². The molecule has 15 heavy (non-hydrogen) atoms. The van der Waals surface area contributed by atoms with Crippen LogP contribution >= 0.6 is 0 Å². The molecule has 0 aliphatic carbocycles. The van der Waals surface area contributed by atoms with Gasteiger partial charge in [-0.3, -0.25) is 0 Å². The maximum absolute atomic E-state index is 13.0. The minimum atomic E-state index is -4.55. The Hall–Kier alpha value is -1.15. The van der Waals surface area contributed by atoms with E-state index in [1.165, 1.54) is 6.92 Å². The number of alkyl halides is 2. The molecule has 8 heteroatoms. The normalized spacial score (nSPS) is 12.1.